The van der Waals surface area contributed by atoms with Gasteiger partial charge in [0.05, 0.1) is 23.2 Å². The predicted molar refractivity (Wildman–Crippen MR) is 98.6 cm³/mol. The van der Waals surface area contributed by atoms with Crippen LogP contribution in [0.4, 0.5) is 11.4 Å². The van der Waals surface area contributed by atoms with Crippen LogP contribution in [-0.4, -0.2) is 30.2 Å². The molecule has 2 amide bonds. The molecule has 4 nitrogen and oxygen atoms in total. The number of carbonyl (C=O) groups excluding carboxylic acids is 2. The normalized spacial score (nSPS) is 16.7. The van der Waals surface area contributed by atoms with Gasteiger partial charge in [-0.25, -0.2) is 0 Å². The third-order valence-corrected chi connectivity index (χ3v) is 5.06. The van der Waals surface area contributed by atoms with Gasteiger partial charge in [0, 0.05) is 18.4 Å². The first-order valence-corrected chi connectivity index (χ1v) is 8.93. The smallest absolute Gasteiger partial charge is 0.237 e. The lowest BCUT2D eigenvalue weighted by Crippen LogP contribution is -2.51. The number of carbonyl (C=O) groups is 2. The molecule has 2 aromatic carbocycles. The molecular weight excluding hydrogens is 320 g/mol. The van der Waals surface area contributed by atoms with E-state index in [-0.39, 0.29) is 17.9 Å². The Hall–Kier alpha value is -2.27. The molecule has 0 aliphatic carbocycles. The van der Waals surface area contributed by atoms with Crippen molar-refractivity contribution in [2.24, 2.45) is 0 Å². The molecule has 124 valence electrons. The van der Waals surface area contributed by atoms with Crippen molar-refractivity contribution >= 4 is 35.0 Å². The number of amides is 2. The molecule has 0 saturated carbocycles. The van der Waals surface area contributed by atoms with Crippen molar-refractivity contribution in [3.05, 3.63) is 54.6 Å². The van der Waals surface area contributed by atoms with E-state index in [2.05, 4.69) is 0 Å². The summed E-state index contributed by atoms with van der Waals surface area (Å²) in [7, 11) is 0. The quantitative estimate of drug-likeness (QED) is 0.802. The monoisotopic (exact) mass is 340 g/mol. The van der Waals surface area contributed by atoms with Crippen molar-refractivity contribution in [3.63, 3.8) is 0 Å². The zero-order valence-electron chi connectivity index (χ0n) is 13.8. The van der Waals surface area contributed by atoms with E-state index >= 15 is 0 Å². The molecule has 3 rings (SSSR count). The largest absolute Gasteiger partial charge is 0.308 e. The van der Waals surface area contributed by atoms with E-state index in [4.69, 9.17) is 0 Å². The summed E-state index contributed by atoms with van der Waals surface area (Å²) in [6.07, 6.45) is 0. The highest BCUT2D eigenvalue weighted by atomic mass is 32.2. The van der Waals surface area contributed by atoms with Crippen molar-refractivity contribution in [1.82, 2.24) is 0 Å². The standard InChI is InChI=1S/C19H20N2O2S/c1-14-12-20(19(23)13-24-16-8-4-3-5-9-16)17-10-6-7-11-18(17)21(14)15(2)22/h3-11,14H,12-13H2,1-2H3/t14-/m0/s1. The SMILES string of the molecule is CC(=O)N1c2ccccc2N(C(=O)CSc2ccccc2)C[C@@H]1C. The van der Waals surface area contributed by atoms with Gasteiger partial charge in [0.1, 0.15) is 0 Å². The van der Waals surface area contributed by atoms with Crippen molar-refractivity contribution in [1.29, 1.82) is 0 Å². The molecule has 0 aromatic heterocycles. The fourth-order valence-electron chi connectivity index (χ4n) is 3.03. The highest BCUT2D eigenvalue weighted by Crippen LogP contribution is 2.36. The van der Waals surface area contributed by atoms with Crippen LogP contribution in [0.25, 0.3) is 0 Å². The van der Waals surface area contributed by atoms with Gasteiger partial charge in [-0.05, 0) is 31.2 Å². The van der Waals surface area contributed by atoms with Crippen LogP contribution in [0.2, 0.25) is 0 Å². The third-order valence-electron chi connectivity index (χ3n) is 4.07. The fourth-order valence-corrected chi connectivity index (χ4v) is 3.83. The molecule has 5 heteroatoms. The number of benzene rings is 2. The van der Waals surface area contributed by atoms with E-state index in [0.29, 0.717) is 12.3 Å². The molecule has 1 aliphatic heterocycles. The van der Waals surface area contributed by atoms with Gasteiger partial charge in [0.15, 0.2) is 0 Å². The molecular formula is C19H20N2O2S. The molecule has 0 saturated heterocycles. The number of anilines is 2. The zero-order chi connectivity index (χ0) is 17.1. The molecule has 1 heterocycles. The average molecular weight is 340 g/mol. The van der Waals surface area contributed by atoms with Gasteiger partial charge < -0.3 is 9.80 Å². The molecule has 1 atom stereocenters. The molecule has 0 unspecified atom stereocenters. The molecule has 0 N–H and O–H groups in total. The summed E-state index contributed by atoms with van der Waals surface area (Å²) in [5.74, 6) is 0.442. The maximum atomic E-state index is 12.8. The lowest BCUT2D eigenvalue weighted by atomic mass is 10.1. The maximum absolute atomic E-state index is 12.8. The van der Waals surface area contributed by atoms with Gasteiger partial charge in [-0.2, -0.15) is 0 Å². The van der Waals surface area contributed by atoms with Crippen molar-refractivity contribution in [2.45, 2.75) is 24.8 Å². The Kier molecular flexibility index (Phi) is 4.90. The molecule has 0 fully saturated rings. The minimum atomic E-state index is -0.0388. The second kappa shape index (κ2) is 7.09. The van der Waals surface area contributed by atoms with Gasteiger partial charge in [0.2, 0.25) is 11.8 Å². The van der Waals surface area contributed by atoms with Crippen LogP contribution < -0.4 is 9.80 Å². The van der Waals surface area contributed by atoms with E-state index < -0.39 is 0 Å². The second-order valence-electron chi connectivity index (χ2n) is 5.83. The average Bonchev–Trinajstić information content (AvgIpc) is 2.59. The van der Waals surface area contributed by atoms with Crippen molar-refractivity contribution < 1.29 is 9.59 Å². The number of para-hydroxylation sites is 2. The molecule has 24 heavy (non-hydrogen) atoms. The van der Waals surface area contributed by atoms with E-state index in [1.54, 1.807) is 16.7 Å². The Labute approximate surface area is 146 Å². The number of hydrogen-bond donors (Lipinski definition) is 0. The summed E-state index contributed by atoms with van der Waals surface area (Å²) in [6.45, 7) is 4.06. The van der Waals surface area contributed by atoms with Crippen molar-refractivity contribution in [2.75, 3.05) is 22.1 Å². The molecule has 0 spiro atoms. The Morgan fingerprint density at radius 2 is 1.67 bits per heavy atom. The van der Waals surface area contributed by atoms with Crippen LogP contribution >= 0.6 is 11.8 Å². The summed E-state index contributed by atoms with van der Waals surface area (Å²) in [5.41, 5.74) is 1.62. The molecule has 1 aliphatic rings. The van der Waals surface area contributed by atoms with Crippen LogP contribution in [0.5, 0.6) is 0 Å². The first kappa shape index (κ1) is 16.6. The molecule has 0 radical (unpaired) electrons. The predicted octanol–water partition coefficient (Wildman–Crippen LogP) is 3.57. The van der Waals surface area contributed by atoms with Crippen LogP contribution in [-0.2, 0) is 9.59 Å². The van der Waals surface area contributed by atoms with Crippen LogP contribution in [0.15, 0.2) is 59.5 Å². The summed E-state index contributed by atoms with van der Waals surface area (Å²) >= 11 is 1.53. The summed E-state index contributed by atoms with van der Waals surface area (Å²) in [6, 6.07) is 17.5. The van der Waals surface area contributed by atoms with Crippen LogP contribution in [0.1, 0.15) is 13.8 Å². The van der Waals surface area contributed by atoms with Gasteiger partial charge >= 0.3 is 0 Å². The van der Waals surface area contributed by atoms with E-state index in [1.165, 1.54) is 11.8 Å². The number of nitrogens with zero attached hydrogens (tertiary/aromatic N) is 2. The fraction of sp³-hybridized carbons (Fsp3) is 0.263. The summed E-state index contributed by atoms with van der Waals surface area (Å²) in [5, 5.41) is 0. The Morgan fingerprint density at radius 3 is 2.33 bits per heavy atom. The lowest BCUT2D eigenvalue weighted by Gasteiger charge is -2.40. The Morgan fingerprint density at radius 1 is 1.04 bits per heavy atom. The first-order chi connectivity index (χ1) is 11.6. The number of rotatable bonds is 3. The number of fused-ring (bicyclic) bond motifs is 1. The highest BCUT2D eigenvalue weighted by molar-refractivity contribution is 8.00. The summed E-state index contributed by atoms with van der Waals surface area (Å²) < 4.78 is 0. The lowest BCUT2D eigenvalue weighted by molar-refractivity contribution is -0.118. The van der Waals surface area contributed by atoms with Crippen LogP contribution in [0.3, 0.4) is 0 Å². The second-order valence-corrected chi connectivity index (χ2v) is 6.88. The van der Waals surface area contributed by atoms with Crippen molar-refractivity contribution in [3.8, 4) is 0 Å². The summed E-state index contributed by atoms with van der Waals surface area (Å²) in [4.78, 5) is 29.4. The Balaban J connectivity index is 1.81. The molecule has 0 bridgehead atoms. The maximum Gasteiger partial charge on any atom is 0.237 e. The van der Waals surface area contributed by atoms with E-state index in [0.717, 1.165) is 16.3 Å². The van der Waals surface area contributed by atoms with Gasteiger partial charge in [-0.3, -0.25) is 9.59 Å². The van der Waals surface area contributed by atoms with Gasteiger partial charge in [0.25, 0.3) is 0 Å². The van der Waals surface area contributed by atoms with Gasteiger partial charge in [-0.1, -0.05) is 30.3 Å². The minimum absolute atomic E-state index is 0.000657. The number of thioether (sulfide) groups is 1. The topological polar surface area (TPSA) is 40.6 Å². The van der Waals surface area contributed by atoms with Gasteiger partial charge in [-0.15, -0.1) is 11.8 Å². The molecule has 2 aromatic rings. The minimum Gasteiger partial charge on any atom is -0.308 e. The highest BCUT2D eigenvalue weighted by Gasteiger charge is 2.32. The van der Waals surface area contributed by atoms with E-state index in [1.807, 2.05) is 61.5 Å². The van der Waals surface area contributed by atoms with E-state index in [9.17, 15) is 9.59 Å². The Bertz CT molecular complexity index is 748. The van der Waals surface area contributed by atoms with Crippen LogP contribution in [0, 0.1) is 0 Å². The number of hydrogen-bond acceptors (Lipinski definition) is 3. The zero-order valence-corrected chi connectivity index (χ0v) is 14.6. The first-order valence-electron chi connectivity index (χ1n) is 7.95. The third kappa shape index (κ3) is 3.31.